The number of halogens is 1. The highest BCUT2D eigenvalue weighted by molar-refractivity contribution is 9.10. The second-order valence-electron chi connectivity index (χ2n) is 5.73. The van der Waals surface area contributed by atoms with Crippen LogP contribution in [0.15, 0.2) is 16.7 Å². The SMILES string of the molecule is CCCc1nc2c(C)cc(Br)cn2c1C(=O)N1CCNCC1. The molecule has 5 nitrogen and oxygen atoms in total. The van der Waals surface area contributed by atoms with Gasteiger partial charge in [0.1, 0.15) is 11.3 Å². The van der Waals surface area contributed by atoms with E-state index in [9.17, 15) is 4.79 Å². The van der Waals surface area contributed by atoms with E-state index >= 15 is 0 Å². The van der Waals surface area contributed by atoms with Crippen LogP contribution in [0.1, 0.15) is 35.1 Å². The van der Waals surface area contributed by atoms with Crippen molar-refractivity contribution in [3.05, 3.63) is 33.7 Å². The highest BCUT2D eigenvalue weighted by Crippen LogP contribution is 2.23. The molecular weight excluding hydrogens is 344 g/mol. The smallest absolute Gasteiger partial charge is 0.272 e. The van der Waals surface area contributed by atoms with Crippen LogP contribution in [0.4, 0.5) is 0 Å². The Morgan fingerprint density at radius 1 is 1.41 bits per heavy atom. The van der Waals surface area contributed by atoms with Crippen LogP contribution in [-0.2, 0) is 6.42 Å². The van der Waals surface area contributed by atoms with Gasteiger partial charge in [0.15, 0.2) is 0 Å². The first-order valence-electron chi connectivity index (χ1n) is 7.79. The van der Waals surface area contributed by atoms with E-state index in [-0.39, 0.29) is 5.91 Å². The molecule has 0 spiro atoms. The minimum absolute atomic E-state index is 0.0925. The van der Waals surface area contributed by atoms with Gasteiger partial charge in [-0.15, -0.1) is 0 Å². The van der Waals surface area contributed by atoms with E-state index in [4.69, 9.17) is 4.98 Å². The standard InChI is InChI=1S/C16H21BrN4O/c1-3-4-13-14(16(22)20-7-5-18-6-8-20)21-10-12(17)9-11(2)15(21)19-13/h9-10,18H,3-8H2,1-2H3. The Balaban J connectivity index is 2.12. The summed E-state index contributed by atoms with van der Waals surface area (Å²) >= 11 is 3.53. The van der Waals surface area contributed by atoms with Crippen LogP contribution < -0.4 is 5.32 Å². The predicted octanol–water partition coefficient (Wildman–Crippen LogP) is 2.40. The number of pyridine rings is 1. The molecule has 3 heterocycles. The highest BCUT2D eigenvalue weighted by atomic mass is 79.9. The number of amides is 1. The zero-order valence-electron chi connectivity index (χ0n) is 13.0. The fraction of sp³-hybridized carbons (Fsp3) is 0.500. The molecule has 0 radical (unpaired) electrons. The summed E-state index contributed by atoms with van der Waals surface area (Å²) in [5.41, 5.74) is 3.59. The van der Waals surface area contributed by atoms with Gasteiger partial charge < -0.3 is 10.2 Å². The molecule has 0 aromatic carbocycles. The molecule has 1 aliphatic heterocycles. The van der Waals surface area contributed by atoms with Gasteiger partial charge in [-0.1, -0.05) is 13.3 Å². The summed E-state index contributed by atoms with van der Waals surface area (Å²) in [6, 6.07) is 2.04. The van der Waals surface area contributed by atoms with Crippen molar-refractivity contribution in [1.82, 2.24) is 19.6 Å². The molecule has 6 heteroatoms. The van der Waals surface area contributed by atoms with Crippen molar-refractivity contribution in [2.75, 3.05) is 26.2 Å². The van der Waals surface area contributed by atoms with Crippen LogP contribution in [0.2, 0.25) is 0 Å². The Morgan fingerprint density at radius 3 is 2.82 bits per heavy atom. The average Bonchev–Trinajstić information content (AvgIpc) is 2.86. The molecule has 1 N–H and O–H groups in total. The number of fused-ring (bicyclic) bond motifs is 1. The summed E-state index contributed by atoms with van der Waals surface area (Å²) < 4.78 is 2.92. The second kappa shape index (κ2) is 6.38. The minimum atomic E-state index is 0.0925. The highest BCUT2D eigenvalue weighted by Gasteiger charge is 2.25. The Labute approximate surface area is 138 Å². The molecule has 0 saturated carbocycles. The van der Waals surface area contributed by atoms with E-state index in [0.717, 1.165) is 66.1 Å². The third kappa shape index (κ3) is 2.77. The Kier molecular flexibility index (Phi) is 4.49. The molecule has 1 saturated heterocycles. The number of imidazole rings is 1. The van der Waals surface area contributed by atoms with E-state index in [1.54, 1.807) is 0 Å². The minimum Gasteiger partial charge on any atom is -0.335 e. The van der Waals surface area contributed by atoms with Crippen LogP contribution in [0.5, 0.6) is 0 Å². The van der Waals surface area contributed by atoms with E-state index in [2.05, 4.69) is 28.2 Å². The molecule has 1 amide bonds. The summed E-state index contributed by atoms with van der Waals surface area (Å²) in [7, 11) is 0. The molecule has 3 rings (SSSR count). The van der Waals surface area contributed by atoms with E-state index in [0.29, 0.717) is 0 Å². The summed E-state index contributed by atoms with van der Waals surface area (Å²) in [4.78, 5) is 19.7. The molecule has 0 bridgehead atoms. The first-order chi connectivity index (χ1) is 10.6. The fourth-order valence-corrected chi connectivity index (χ4v) is 3.52. The Hall–Kier alpha value is -1.40. The number of carbonyl (C=O) groups excluding carboxylic acids is 1. The number of hydrogen-bond acceptors (Lipinski definition) is 3. The van der Waals surface area contributed by atoms with Gasteiger partial charge >= 0.3 is 0 Å². The maximum Gasteiger partial charge on any atom is 0.272 e. The number of nitrogens with zero attached hydrogens (tertiary/aromatic N) is 3. The van der Waals surface area contributed by atoms with Crippen molar-refractivity contribution in [2.45, 2.75) is 26.7 Å². The fourth-order valence-electron chi connectivity index (χ4n) is 2.97. The number of piperazine rings is 1. The topological polar surface area (TPSA) is 49.6 Å². The van der Waals surface area contributed by atoms with Crippen LogP contribution in [-0.4, -0.2) is 46.4 Å². The van der Waals surface area contributed by atoms with E-state index < -0.39 is 0 Å². The lowest BCUT2D eigenvalue weighted by Crippen LogP contribution is -2.46. The van der Waals surface area contributed by atoms with Gasteiger partial charge in [-0.2, -0.15) is 0 Å². The number of carbonyl (C=O) groups is 1. The van der Waals surface area contributed by atoms with Gasteiger partial charge in [-0.25, -0.2) is 4.98 Å². The van der Waals surface area contributed by atoms with Crippen LogP contribution in [0.3, 0.4) is 0 Å². The summed E-state index contributed by atoms with van der Waals surface area (Å²) in [6.07, 6.45) is 3.75. The molecule has 118 valence electrons. The lowest BCUT2D eigenvalue weighted by molar-refractivity contribution is 0.0727. The maximum absolute atomic E-state index is 13.0. The van der Waals surface area contributed by atoms with Gasteiger partial charge in [-0.05, 0) is 40.9 Å². The Morgan fingerprint density at radius 2 is 2.14 bits per heavy atom. The van der Waals surface area contributed by atoms with Crippen molar-refractivity contribution in [1.29, 1.82) is 0 Å². The third-order valence-corrected chi connectivity index (χ3v) is 4.47. The number of aromatic nitrogens is 2. The van der Waals surface area contributed by atoms with E-state index in [1.807, 2.05) is 28.5 Å². The van der Waals surface area contributed by atoms with Crippen molar-refractivity contribution in [3.8, 4) is 0 Å². The van der Waals surface area contributed by atoms with Gasteiger partial charge in [0, 0.05) is 36.8 Å². The molecular formula is C16H21BrN4O. The molecule has 2 aromatic rings. The molecule has 0 unspecified atom stereocenters. The largest absolute Gasteiger partial charge is 0.335 e. The monoisotopic (exact) mass is 364 g/mol. The summed E-state index contributed by atoms with van der Waals surface area (Å²) in [5.74, 6) is 0.0925. The van der Waals surface area contributed by atoms with Crippen LogP contribution >= 0.6 is 15.9 Å². The van der Waals surface area contributed by atoms with Crippen LogP contribution in [0, 0.1) is 6.92 Å². The van der Waals surface area contributed by atoms with Crippen molar-refractivity contribution in [3.63, 3.8) is 0 Å². The van der Waals surface area contributed by atoms with Gasteiger partial charge in [0.05, 0.1) is 5.69 Å². The molecule has 2 aromatic heterocycles. The lowest BCUT2D eigenvalue weighted by atomic mass is 10.2. The number of aryl methyl sites for hydroxylation is 2. The molecule has 22 heavy (non-hydrogen) atoms. The lowest BCUT2D eigenvalue weighted by Gasteiger charge is -2.27. The molecule has 0 aliphatic carbocycles. The molecule has 1 aliphatic rings. The summed E-state index contributed by atoms with van der Waals surface area (Å²) in [6.45, 7) is 7.37. The molecule has 1 fully saturated rings. The van der Waals surface area contributed by atoms with Crippen LogP contribution in [0.25, 0.3) is 5.65 Å². The average molecular weight is 365 g/mol. The zero-order chi connectivity index (χ0) is 15.7. The van der Waals surface area contributed by atoms with Crippen molar-refractivity contribution < 1.29 is 4.79 Å². The first-order valence-corrected chi connectivity index (χ1v) is 8.58. The predicted molar refractivity (Wildman–Crippen MR) is 90.4 cm³/mol. The summed E-state index contributed by atoms with van der Waals surface area (Å²) in [5, 5.41) is 3.29. The van der Waals surface area contributed by atoms with Crippen molar-refractivity contribution >= 4 is 27.5 Å². The third-order valence-electron chi connectivity index (χ3n) is 4.04. The van der Waals surface area contributed by atoms with Gasteiger partial charge in [-0.3, -0.25) is 9.20 Å². The number of nitrogens with one attached hydrogen (secondary N) is 1. The number of rotatable bonds is 3. The molecule has 0 atom stereocenters. The van der Waals surface area contributed by atoms with E-state index in [1.165, 1.54) is 0 Å². The Bertz CT molecular complexity index is 704. The quantitative estimate of drug-likeness (QED) is 0.909. The maximum atomic E-state index is 13.0. The normalized spacial score (nSPS) is 15.5. The number of hydrogen-bond donors (Lipinski definition) is 1. The van der Waals surface area contributed by atoms with Crippen molar-refractivity contribution in [2.24, 2.45) is 0 Å². The second-order valence-corrected chi connectivity index (χ2v) is 6.65. The zero-order valence-corrected chi connectivity index (χ0v) is 14.6. The first kappa shape index (κ1) is 15.5. The van der Waals surface area contributed by atoms with Gasteiger partial charge in [0.25, 0.3) is 5.91 Å². The van der Waals surface area contributed by atoms with Gasteiger partial charge in [0.2, 0.25) is 0 Å².